The zero-order chi connectivity index (χ0) is 8.27. The number of nitrogens with zero attached hydrogens (tertiary/aromatic N) is 1. The minimum atomic E-state index is 0.155. The Morgan fingerprint density at radius 2 is 2.45 bits per heavy atom. The molecule has 0 aromatic carbocycles. The fraction of sp³-hybridized carbons (Fsp3) is 0.778. The molecule has 0 bridgehead atoms. The third-order valence-corrected chi connectivity index (χ3v) is 2.50. The number of hydrogen-bond donors (Lipinski definition) is 1. The van der Waals surface area contributed by atoms with Crippen LogP contribution in [0.25, 0.3) is 0 Å². The van der Waals surface area contributed by atoms with Crippen LogP contribution in [-0.2, 0) is 0 Å². The Kier molecular flexibility index (Phi) is 3.09. The zero-order valence-corrected chi connectivity index (χ0v) is 7.21. The van der Waals surface area contributed by atoms with Crippen LogP contribution in [0.4, 0.5) is 0 Å². The van der Waals surface area contributed by atoms with E-state index < -0.39 is 0 Å². The second-order valence-corrected chi connectivity index (χ2v) is 3.20. The summed E-state index contributed by atoms with van der Waals surface area (Å²) in [5.74, 6) is 0.542. The van der Waals surface area contributed by atoms with Crippen molar-refractivity contribution < 1.29 is 5.11 Å². The molecule has 64 valence electrons. The Bertz CT molecular complexity index is 144. The summed E-state index contributed by atoms with van der Waals surface area (Å²) in [5.41, 5.74) is 1.00. The van der Waals surface area contributed by atoms with Crippen LogP contribution in [-0.4, -0.2) is 36.2 Å². The largest absolute Gasteiger partial charge is 0.392 e. The molecule has 1 saturated heterocycles. The fourth-order valence-corrected chi connectivity index (χ4v) is 1.58. The maximum Gasteiger partial charge on any atom is 0.0642 e. The van der Waals surface area contributed by atoms with Gasteiger partial charge in [0.25, 0.3) is 0 Å². The first-order valence-corrected chi connectivity index (χ1v) is 4.28. The summed E-state index contributed by atoms with van der Waals surface area (Å²) in [6.45, 7) is 9.55. The molecule has 2 heteroatoms. The van der Waals surface area contributed by atoms with Crippen molar-refractivity contribution in [2.24, 2.45) is 5.92 Å². The molecule has 0 saturated carbocycles. The van der Waals surface area contributed by atoms with Crippen molar-refractivity contribution in [3.63, 3.8) is 0 Å². The number of aliphatic hydroxyl groups is 1. The van der Waals surface area contributed by atoms with Crippen LogP contribution in [0.3, 0.4) is 0 Å². The second-order valence-electron chi connectivity index (χ2n) is 3.20. The van der Waals surface area contributed by atoms with Gasteiger partial charge in [-0.05, 0) is 31.0 Å². The average molecular weight is 155 g/mol. The summed E-state index contributed by atoms with van der Waals surface area (Å²) in [6, 6.07) is 0. The molecule has 1 unspecified atom stereocenters. The van der Waals surface area contributed by atoms with Gasteiger partial charge >= 0.3 is 0 Å². The van der Waals surface area contributed by atoms with Gasteiger partial charge in [0, 0.05) is 6.54 Å². The van der Waals surface area contributed by atoms with E-state index in [9.17, 15) is 0 Å². The fourth-order valence-electron chi connectivity index (χ4n) is 1.58. The highest BCUT2D eigenvalue weighted by Crippen LogP contribution is 2.21. The molecule has 1 rings (SSSR count). The van der Waals surface area contributed by atoms with Crippen molar-refractivity contribution in [3.05, 3.63) is 12.2 Å². The lowest BCUT2D eigenvalue weighted by Crippen LogP contribution is -2.20. The lowest BCUT2D eigenvalue weighted by molar-refractivity contribution is 0.306. The molecule has 0 amide bonds. The molecule has 0 aromatic rings. The molecule has 1 fully saturated rings. The zero-order valence-electron chi connectivity index (χ0n) is 7.21. The third-order valence-electron chi connectivity index (χ3n) is 2.50. The van der Waals surface area contributed by atoms with Crippen LogP contribution in [0.5, 0.6) is 0 Å². The molecule has 1 aliphatic heterocycles. The smallest absolute Gasteiger partial charge is 0.0642 e. The van der Waals surface area contributed by atoms with Crippen molar-refractivity contribution in [1.82, 2.24) is 4.90 Å². The lowest BCUT2D eigenvalue weighted by Gasteiger charge is -2.13. The highest BCUT2D eigenvalue weighted by molar-refractivity contribution is 5.04. The minimum Gasteiger partial charge on any atom is -0.392 e. The van der Waals surface area contributed by atoms with E-state index in [4.69, 9.17) is 5.11 Å². The van der Waals surface area contributed by atoms with Gasteiger partial charge in [-0.2, -0.15) is 0 Å². The summed E-state index contributed by atoms with van der Waals surface area (Å²) >= 11 is 0. The first-order valence-electron chi connectivity index (χ1n) is 4.28. The van der Waals surface area contributed by atoms with Gasteiger partial charge in [-0.3, -0.25) is 0 Å². The summed E-state index contributed by atoms with van der Waals surface area (Å²) in [6.07, 6.45) is 1.17. The van der Waals surface area contributed by atoms with E-state index in [2.05, 4.69) is 18.4 Å². The molecule has 1 aliphatic rings. The first-order chi connectivity index (χ1) is 5.27. The molecule has 1 atom stereocenters. The Morgan fingerprint density at radius 1 is 1.73 bits per heavy atom. The molecule has 0 aliphatic carbocycles. The highest BCUT2D eigenvalue weighted by Gasteiger charge is 2.22. The van der Waals surface area contributed by atoms with Gasteiger partial charge in [-0.1, -0.05) is 13.5 Å². The van der Waals surface area contributed by atoms with Crippen LogP contribution < -0.4 is 0 Å². The van der Waals surface area contributed by atoms with E-state index in [1.807, 2.05) is 0 Å². The molecule has 1 heterocycles. The molecule has 1 N–H and O–H groups in total. The standard InChI is InChI=1S/C9H17NO/c1-3-10-5-4-9(6-10)8(2)7-11/h9,11H,2-7H2,1H3. The van der Waals surface area contributed by atoms with E-state index in [1.54, 1.807) is 0 Å². The summed E-state index contributed by atoms with van der Waals surface area (Å²) < 4.78 is 0. The van der Waals surface area contributed by atoms with Crippen molar-refractivity contribution >= 4 is 0 Å². The maximum absolute atomic E-state index is 8.84. The van der Waals surface area contributed by atoms with Gasteiger partial charge in [0.2, 0.25) is 0 Å². The predicted octanol–water partition coefficient (Wildman–Crippen LogP) is 0.877. The number of aliphatic hydroxyl groups excluding tert-OH is 1. The van der Waals surface area contributed by atoms with Crippen LogP contribution in [0.2, 0.25) is 0 Å². The molecule has 0 spiro atoms. The highest BCUT2D eigenvalue weighted by atomic mass is 16.3. The summed E-state index contributed by atoms with van der Waals surface area (Å²) in [7, 11) is 0. The van der Waals surface area contributed by atoms with E-state index in [0.717, 1.165) is 18.7 Å². The van der Waals surface area contributed by atoms with Crippen molar-refractivity contribution in [3.8, 4) is 0 Å². The first kappa shape index (κ1) is 8.75. The van der Waals surface area contributed by atoms with Crippen molar-refractivity contribution in [2.45, 2.75) is 13.3 Å². The van der Waals surface area contributed by atoms with Crippen molar-refractivity contribution in [1.29, 1.82) is 0 Å². The number of rotatable bonds is 3. The van der Waals surface area contributed by atoms with Gasteiger partial charge in [0.1, 0.15) is 0 Å². The third kappa shape index (κ3) is 2.04. The summed E-state index contributed by atoms with van der Waals surface area (Å²) in [4.78, 5) is 2.39. The van der Waals surface area contributed by atoms with E-state index in [1.165, 1.54) is 13.0 Å². The average Bonchev–Trinajstić information content (AvgIpc) is 2.50. The van der Waals surface area contributed by atoms with Gasteiger partial charge in [0.05, 0.1) is 6.61 Å². The quantitative estimate of drug-likeness (QED) is 0.611. The van der Waals surface area contributed by atoms with Crippen LogP contribution >= 0.6 is 0 Å². The Morgan fingerprint density at radius 3 is 2.91 bits per heavy atom. The topological polar surface area (TPSA) is 23.5 Å². The molecule has 0 radical (unpaired) electrons. The Balaban J connectivity index is 2.35. The SMILES string of the molecule is C=C(CO)C1CCN(CC)C1. The van der Waals surface area contributed by atoms with Crippen LogP contribution in [0.15, 0.2) is 12.2 Å². The Hall–Kier alpha value is -0.340. The lowest BCUT2D eigenvalue weighted by atomic mass is 10.0. The molecule has 2 nitrogen and oxygen atoms in total. The van der Waals surface area contributed by atoms with Crippen LogP contribution in [0.1, 0.15) is 13.3 Å². The van der Waals surface area contributed by atoms with Crippen molar-refractivity contribution in [2.75, 3.05) is 26.2 Å². The number of hydrogen-bond acceptors (Lipinski definition) is 2. The van der Waals surface area contributed by atoms with E-state index >= 15 is 0 Å². The number of likely N-dealkylation sites (tertiary alicyclic amines) is 1. The van der Waals surface area contributed by atoms with E-state index in [-0.39, 0.29) is 6.61 Å². The van der Waals surface area contributed by atoms with Gasteiger partial charge in [0.15, 0.2) is 0 Å². The van der Waals surface area contributed by atoms with E-state index in [0.29, 0.717) is 5.92 Å². The van der Waals surface area contributed by atoms with Gasteiger partial charge in [-0.15, -0.1) is 0 Å². The van der Waals surface area contributed by atoms with Crippen LogP contribution in [0, 0.1) is 5.92 Å². The molecular weight excluding hydrogens is 138 g/mol. The monoisotopic (exact) mass is 155 g/mol. The predicted molar refractivity (Wildman–Crippen MR) is 46.4 cm³/mol. The molecular formula is C9H17NO. The van der Waals surface area contributed by atoms with Gasteiger partial charge in [-0.25, -0.2) is 0 Å². The maximum atomic E-state index is 8.84. The second kappa shape index (κ2) is 3.88. The normalized spacial score (nSPS) is 25.8. The molecule has 0 aromatic heterocycles. The summed E-state index contributed by atoms with van der Waals surface area (Å²) in [5, 5.41) is 8.84. The minimum absolute atomic E-state index is 0.155. The molecule has 11 heavy (non-hydrogen) atoms. The van der Waals surface area contributed by atoms with Gasteiger partial charge < -0.3 is 10.0 Å². The Labute approximate surface area is 68.5 Å².